The smallest absolute Gasteiger partial charge is 0.299 e. The van der Waals surface area contributed by atoms with Crippen LogP contribution in [0.25, 0.3) is 78.1 Å². The van der Waals surface area contributed by atoms with E-state index in [0.717, 1.165) is 72.4 Å². The highest BCUT2D eigenvalue weighted by molar-refractivity contribution is 6.18. The molecule has 40 heavy (non-hydrogen) atoms. The van der Waals surface area contributed by atoms with Crippen LogP contribution < -0.4 is 0 Å². The minimum absolute atomic E-state index is 0.524. The van der Waals surface area contributed by atoms with Crippen molar-refractivity contribution < 1.29 is 8.83 Å². The fourth-order valence-electron chi connectivity index (χ4n) is 5.37. The highest BCUT2D eigenvalue weighted by Crippen LogP contribution is 2.40. The molecule has 188 valence electrons. The van der Waals surface area contributed by atoms with E-state index in [1.165, 1.54) is 0 Å². The van der Waals surface area contributed by atoms with Gasteiger partial charge in [0, 0.05) is 33.0 Å². The van der Waals surface area contributed by atoms with Gasteiger partial charge in [-0.3, -0.25) is 0 Å². The Bertz CT molecular complexity index is 2010. The zero-order valence-corrected chi connectivity index (χ0v) is 21.4. The first-order chi connectivity index (χ1) is 19.8. The van der Waals surface area contributed by atoms with Crippen molar-refractivity contribution in [3.05, 3.63) is 133 Å². The molecule has 0 spiro atoms. The van der Waals surface area contributed by atoms with E-state index in [1.54, 1.807) is 0 Å². The van der Waals surface area contributed by atoms with Crippen molar-refractivity contribution in [1.82, 2.24) is 9.97 Å². The molecule has 4 heteroatoms. The van der Waals surface area contributed by atoms with Crippen LogP contribution in [0.2, 0.25) is 0 Å². The molecule has 0 bridgehead atoms. The summed E-state index contributed by atoms with van der Waals surface area (Å²) in [6.45, 7) is 0. The topological polar surface area (TPSA) is 52.1 Å². The third-order valence-electron chi connectivity index (χ3n) is 7.34. The summed E-state index contributed by atoms with van der Waals surface area (Å²) in [5.74, 6) is 0.524. The van der Waals surface area contributed by atoms with Gasteiger partial charge in [-0.05, 0) is 60.7 Å². The number of hydrogen-bond acceptors (Lipinski definition) is 4. The fourth-order valence-corrected chi connectivity index (χ4v) is 5.37. The lowest BCUT2D eigenvalue weighted by Gasteiger charge is -2.06. The number of nitrogens with zero attached hydrogens (tertiary/aromatic N) is 2. The SMILES string of the molecule is c1ccc(-c2cccc(-c3ccc4oc5oc6ccc(-c7cccc(-c8ccccc8)n7)cc6c5c4c3)n2)cc1. The Labute approximate surface area is 230 Å². The molecular formula is C36H22N2O2. The molecule has 4 aromatic heterocycles. The van der Waals surface area contributed by atoms with Crippen LogP contribution >= 0.6 is 0 Å². The molecule has 0 fully saturated rings. The third-order valence-corrected chi connectivity index (χ3v) is 7.34. The lowest BCUT2D eigenvalue weighted by atomic mass is 10.0. The van der Waals surface area contributed by atoms with E-state index >= 15 is 0 Å². The van der Waals surface area contributed by atoms with Crippen LogP contribution in [-0.4, -0.2) is 9.97 Å². The Morgan fingerprint density at radius 2 is 0.800 bits per heavy atom. The number of rotatable bonds is 4. The molecule has 4 heterocycles. The molecule has 8 rings (SSSR count). The third kappa shape index (κ3) is 3.77. The van der Waals surface area contributed by atoms with E-state index in [-0.39, 0.29) is 0 Å². The molecule has 0 N–H and O–H groups in total. The second-order valence-corrected chi connectivity index (χ2v) is 9.84. The predicted molar refractivity (Wildman–Crippen MR) is 161 cm³/mol. The van der Waals surface area contributed by atoms with Crippen molar-refractivity contribution in [3.8, 4) is 45.0 Å². The molecular weight excluding hydrogens is 492 g/mol. The molecule has 0 aliphatic carbocycles. The zero-order valence-electron chi connectivity index (χ0n) is 21.4. The molecule has 0 atom stereocenters. The number of hydrogen-bond donors (Lipinski definition) is 0. The average Bonchev–Trinajstić information content (AvgIpc) is 3.57. The second-order valence-electron chi connectivity index (χ2n) is 9.84. The summed E-state index contributed by atoms with van der Waals surface area (Å²) in [4.78, 5) is 9.92. The second kappa shape index (κ2) is 9.07. The molecule has 0 unspecified atom stereocenters. The van der Waals surface area contributed by atoms with Crippen LogP contribution in [-0.2, 0) is 0 Å². The van der Waals surface area contributed by atoms with Gasteiger partial charge in [0.05, 0.1) is 28.2 Å². The van der Waals surface area contributed by atoms with Gasteiger partial charge in [0.15, 0.2) is 0 Å². The zero-order chi connectivity index (χ0) is 26.5. The molecule has 0 radical (unpaired) electrons. The van der Waals surface area contributed by atoms with Crippen LogP contribution in [0.4, 0.5) is 0 Å². The van der Waals surface area contributed by atoms with E-state index in [2.05, 4.69) is 60.7 Å². The Kier molecular flexibility index (Phi) is 5.10. The van der Waals surface area contributed by atoms with Crippen molar-refractivity contribution >= 4 is 33.1 Å². The van der Waals surface area contributed by atoms with E-state index in [4.69, 9.17) is 18.8 Å². The van der Waals surface area contributed by atoms with E-state index in [9.17, 15) is 0 Å². The molecule has 8 aromatic rings. The van der Waals surface area contributed by atoms with Gasteiger partial charge in [-0.25, -0.2) is 9.97 Å². The number of aromatic nitrogens is 2. The highest BCUT2D eigenvalue weighted by Gasteiger charge is 2.18. The van der Waals surface area contributed by atoms with Crippen molar-refractivity contribution in [1.29, 1.82) is 0 Å². The molecule has 0 amide bonds. The summed E-state index contributed by atoms with van der Waals surface area (Å²) >= 11 is 0. The van der Waals surface area contributed by atoms with Gasteiger partial charge < -0.3 is 8.83 Å². The Morgan fingerprint density at radius 1 is 0.375 bits per heavy atom. The quantitative estimate of drug-likeness (QED) is 0.234. The predicted octanol–water partition coefficient (Wildman–Crippen LogP) is 9.79. The lowest BCUT2D eigenvalue weighted by molar-refractivity contribution is 0.524. The van der Waals surface area contributed by atoms with Crippen LogP contribution in [0.1, 0.15) is 0 Å². The summed E-state index contributed by atoms with van der Waals surface area (Å²) in [6, 6.07) is 45.1. The Balaban J connectivity index is 1.25. The van der Waals surface area contributed by atoms with Crippen molar-refractivity contribution in [2.75, 3.05) is 0 Å². The summed E-state index contributed by atoms with van der Waals surface area (Å²) in [6.07, 6.45) is 0. The maximum absolute atomic E-state index is 6.14. The summed E-state index contributed by atoms with van der Waals surface area (Å²) < 4.78 is 12.3. The molecule has 0 saturated heterocycles. The van der Waals surface area contributed by atoms with Gasteiger partial charge >= 0.3 is 0 Å². The molecule has 0 saturated carbocycles. The van der Waals surface area contributed by atoms with Gasteiger partial charge in [0.2, 0.25) is 0 Å². The lowest BCUT2D eigenvalue weighted by Crippen LogP contribution is -1.88. The summed E-state index contributed by atoms with van der Waals surface area (Å²) in [5.41, 5.74) is 9.51. The minimum atomic E-state index is 0.524. The van der Waals surface area contributed by atoms with E-state index < -0.39 is 0 Å². The Hall–Kier alpha value is -5.48. The Morgan fingerprint density at radius 3 is 1.25 bits per heavy atom. The maximum Gasteiger partial charge on any atom is 0.299 e. The maximum atomic E-state index is 6.14. The summed E-state index contributed by atoms with van der Waals surface area (Å²) in [7, 11) is 0. The number of pyridine rings is 2. The van der Waals surface area contributed by atoms with Gasteiger partial charge in [0.25, 0.3) is 5.78 Å². The van der Waals surface area contributed by atoms with Gasteiger partial charge in [0.1, 0.15) is 11.2 Å². The highest BCUT2D eigenvalue weighted by atomic mass is 16.5. The first-order valence-corrected chi connectivity index (χ1v) is 13.2. The minimum Gasteiger partial charge on any atom is -0.425 e. The molecule has 0 aliphatic heterocycles. The standard InChI is InChI=1S/C36H22N2O2/c1-3-9-23(10-4-1)29-13-7-15-31(37-29)25-17-19-33-27(21-25)35-28-22-26(18-20-34(28)40-36(35)39-33)32-16-8-14-30(38-32)24-11-5-2-6-12-24/h1-22H. The van der Waals surface area contributed by atoms with Gasteiger partial charge in [-0.15, -0.1) is 0 Å². The fraction of sp³-hybridized carbons (Fsp3) is 0. The van der Waals surface area contributed by atoms with E-state index in [1.807, 2.05) is 72.8 Å². The van der Waals surface area contributed by atoms with Crippen LogP contribution in [0.15, 0.2) is 142 Å². The summed E-state index contributed by atoms with van der Waals surface area (Å²) in [5, 5.41) is 2.97. The number of benzene rings is 4. The number of fused-ring (bicyclic) bond motifs is 5. The van der Waals surface area contributed by atoms with Crippen LogP contribution in [0, 0.1) is 0 Å². The van der Waals surface area contributed by atoms with Crippen LogP contribution in [0.5, 0.6) is 0 Å². The molecule has 4 nitrogen and oxygen atoms in total. The van der Waals surface area contributed by atoms with E-state index in [0.29, 0.717) is 5.78 Å². The van der Waals surface area contributed by atoms with Crippen molar-refractivity contribution in [3.63, 3.8) is 0 Å². The van der Waals surface area contributed by atoms with Crippen molar-refractivity contribution in [2.24, 2.45) is 0 Å². The molecule has 0 aliphatic rings. The first-order valence-electron chi connectivity index (χ1n) is 13.2. The average molecular weight is 515 g/mol. The first kappa shape index (κ1) is 22.5. The molecule has 4 aromatic carbocycles. The van der Waals surface area contributed by atoms with Gasteiger partial charge in [-0.1, -0.05) is 72.8 Å². The largest absolute Gasteiger partial charge is 0.425 e. The van der Waals surface area contributed by atoms with Gasteiger partial charge in [-0.2, -0.15) is 0 Å². The normalized spacial score (nSPS) is 11.5. The monoisotopic (exact) mass is 514 g/mol. The van der Waals surface area contributed by atoms with Crippen molar-refractivity contribution in [2.45, 2.75) is 0 Å². The number of furan rings is 2. The van der Waals surface area contributed by atoms with Crippen LogP contribution in [0.3, 0.4) is 0 Å².